The van der Waals surface area contributed by atoms with Gasteiger partial charge in [-0.2, -0.15) is 0 Å². The van der Waals surface area contributed by atoms with Gasteiger partial charge in [0.25, 0.3) is 5.69 Å². The van der Waals surface area contributed by atoms with Crippen molar-refractivity contribution in [3.05, 3.63) is 50.5 Å². The van der Waals surface area contributed by atoms with E-state index in [9.17, 15) is 14.9 Å². The number of thioether (sulfide) groups is 1. The van der Waals surface area contributed by atoms with Crippen LogP contribution in [0.1, 0.15) is 32.8 Å². The molecule has 3 rings (SSSR count). The fourth-order valence-corrected chi connectivity index (χ4v) is 4.82. The van der Waals surface area contributed by atoms with Gasteiger partial charge in [-0.3, -0.25) is 10.1 Å². The molecular weight excluding hydrogens is 360 g/mol. The van der Waals surface area contributed by atoms with Gasteiger partial charge >= 0.3 is 5.97 Å². The Hall–Kier alpha value is -1.93. The fourth-order valence-electron chi connectivity index (χ4n) is 2.92. The van der Waals surface area contributed by atoms with Gasteiger partial charge in [0.2, 0.25) is 0 Å². The average Bonchev–Trinajstić information content (AvgIpc) is 2.97. The number of rotatable bonds is 5. The summed E-state index contributed by atoms with van der Waals surface area (Å²) in [4.78, 5) is 26.5. The van der Waals surface area contributed by atoms with Crippen LogP contribution in [0.25, 0.3) is 0 Å². The molecule has 0 aliphatic carbocycles. The van der Waals surface area contributed by atoms with Crippen molar-refractivity contribution in [3.63, 3.8) is 0 Å². The average molecular weight is 378 g/mol. The summed E-state index contributed by atoms with van der Waals surface area (Å²) >= 11 is 7.15. The van der Waals surface area contributed by atoms with Crippen LogP contribution in [0.4, 0.5) is 5.69 Å². The minimum Gasteiger partial charge on any atom is -0.456 e. The highest BCUT2D eigenvalue weighted by Crippen LogP contribution is 2.56. The first kappa shape index (κ1) is 17.9. The first-order valence-corrected chi connectivity index (χ1v) is 9.20. The standard InChI is InChI=1S/C17H18N2O4S2/c1-4-12-13(18-15(24)17(2,3)16(18)25-12)14(20)23-9-10-5-7-11(8-6-10)19(21)22/h5-8,16H,4,9H2,1-3H3/t16-/m0/s1. The summed E-state index contributed by atoms with van der Waals surface area (Å²) < 4.78 is 5.43. The first-order chi connectivity index (χ1) is 11.8. The summed E-state index contributed by atoms with van der Waals surface area (Å²) in [6.45, 7) is 6.24. The number of fused-ring (bicyclic) bond motifs is 1. The van der Waals surface area contributed by atoms with E-state index in [0.717, 1.165) is 16.3 Å². The molecule has 0 spiro atoms. The van der Waals surface area contributed by atoms with Crippen molar-refractivity contribution < 1.29 is 14.5 Å². The van der Waals surface area contributed by atoms with Gasteiger partial charge in [-0.05, 0) is 24.1 Å². The molecular formula is C17H18N2O4S2. The van der Waals surface area contributed by atoms with Crippen LogP contribution in [0.15, 0.2) is 34.9 Å². The van der Waals surface area contributed by atoms with Crippen molar-refractivity contribution in [2.45, 2.75) is 39.2 Å². The van der Waals surface area contributed by atoms with Crippen LogP contribution >= 0.6 is 24.0 Å². The van der Waals surface area contributed by atoms with E-state index in [4.69, 9.17) is 17.0 Å². The molecule has 1 saturated heterocycles. The van der Waals surface area contributed by atoms with Gasteiger partial charge in [0.1, 0.15) is 12.3 Å². The molecule has 0 bridgehead atoms. The number of nitro benzene ring substituents is 1. The zero-order valence-electron chi connectivity index (χ0n) is 14.1. The number of non-ortho nitro benzene ring substituents is 1. The van der Waals surface area contributed by atoms with Crippen LogP contribution in [0.2, 0.25) is 0 Å². The lowest BCUT2D eigenvalue weighted by Crippen LogP contribution is -2.62. The highest BCUT2D eigenvalue weighted by molar-refractivity contribution is 8.04. The molecule has 0 radical (unpaired) electrons. The molecule has 0 aromatic heterocycles. The van der Waals surface area contributed by atoms with E-state index in [1.54, 1.807) is 23.9 Å². The molecule has 1 fully saturated rings. The quantitative estimate of drug-likeness (QED) is 0.332. The Balaban J connectivity index is 1.70. The van der Waals surface area contributed by atoms with Crippen molar-refractivity contribution in [1.82, 2.24) is 4.90 Å². The number of nitrogens with zero attached hydrogens (tertiary/aromatic N) is 2. The number of nitro groups is 1. The van der Waals surface area contributed by atoms with E-state index in [-0.39, 0.29) is 23.1 Å². The molecule has 1 atom stereocenters. The maximum Gasteiger partial charge on any atom is 0.356 e. The Labute approximate surface area is 155 Å². The van der Waals surface area contributed by atoms with Crippen molar-refractivity contribution >= 4 is 40.6 Å². The predicted octanol–water partition coefficient (Wildman–Crippen LogP) is 4.00. The van der Waals surface area contributed by atoms with Crippen molar-refractivity contribution in [2.24, 2.45) is 5.41 Å². The fraction of sp³-hybridized carbons (Fsp3) is 0.412. The lowest BCUT2D eigenvalue weighted by molar-refractivity contribution is -0.384. The van der Waals surface area contributed by atoms with Gasteiger partial charge in [0.15, 0.2) is 0 Å². The predicted molar refractivity (Wildman–Crippen MR) is 99.8 cm³/mol. The number of ether oxygens (including phenoxy) is 1. The number of esters is 1. The van der Waals surface area contributed by atoms with E-state index >= 15 is 0 Å². The number of hydrogen-bond acceptors (Lipinski definition) is 6. The third-order valence-electron chi connectivity index (χ3n) is 4.41. The van der Waals surface area contributed by atoms with E-state index in [2.05, 4.69) is 13.8 Å². The Morgan fingerprint density at radius 1 is 1.40 bits per heavy atom. The van der Waals surface area contributed by atoms with Gasteiger partial charge in [-0.1, -0.05) is 33.0 Å². The maximum absolute atomic E-state index is 12.6. The van der Waals surface area contributed by atoms with Crippen LogP contribution in [0.5, 0.6) is 0 Å². The monoisotopic (exact) mass is 378 g/mol. The molecule has 0 N–H and O–H groups in total. The van der Waals surface area contributed by atoms with Gasteiger partial charge in [-0.15, -0.1) is 11.8 Å². The lowest BCUT2D eigenvalue weighted by atomic mass is 9.83. The summed E-state index contributed by atoms with van der Waals surface area (Å²) in [5, 5.41) is 10.8. The summed E-state index contributed by atoms with van der Waals surface area (Å²) in [5.74, 6) is -0.400. The van der Waals surface area contributed by atoms with Gasteiger partial charge in [0.05, 0.1) is 15.3 Å². The summed E-state index contributed by atoms with van der Waals surface area (Å²) in [6.07, 6.45) is 0.748. The van der Waals surface area contributed by atoms with Gasteiger partial charge in [0, 0.05) is 22.5 Å². The van der Waals surface area contributed by atoms with E-state index < -0.39 is 10.9 Å². The molecule has 2 heterocycles. The third kappa shape index (κ3) is 2.93. The number of thiocarbonyl (C=S) groups is 1. The maximum atomic E-state index is 12.6. The highest BCUT2D eigenvalue weighted by Gasteiger charge is 2.58. The topological polar surface area (TPSA) is 72.7 Å². The largest absolute Gasteiger partial charge is 0.456 e. The Kier molecular flexibility index (Phi) is 4.59. The zero-order chi connectivity index (χ0) is 18.4. The minimum atomic E-state index is -0.462. The van der Waals surface area contributed by atoms with Crippen molar-refractivity contribution in [3.8, 4) is 0 Å². The molecule has 0 saturated carbocycles. The summed E-state index contributed by atoms with van der Waals surface area (Å²) in [6, 6.07) is 5.97. The van der Waals surface area contributed by atoms with Gasteiger partial charge in [-0.25, -0.2) is 4.79 Å². The lowest BCUT2D eigenvalue weighted by Gasteiger charge is -2.51. The molecule has 1 aromatic rings. The highest BCUT2D eigenvalue weighted by atomic mass is 32.2. The Bertz CT molecular complexity index is 786. The first-order valence-electron chi connectivity index (χ1n) is 7.91. The Morgan fingerprint density at radius 3 is 2.60 bits per heavy atom. The third-order valence-corrected chi connectivity index (χ3v) is 6.93. The number of carbonyl (C=O) groups excluding carboxylic acids is 1. The molecule has 8 heteroatoms. The number of allylic oxidation sites excluding steroid dienone is 1. The number of hydrogen-bond donors (Lipinski definition) is 0. The second-order valence-electron chi connectivity index (χ2n) is 6.49. The van der Waals surface area contributed by atoms with Crippen molar-refractivity contribution in [1.29, 1.82) is 0 Å². The van der Waals surface area contributed by atoms with E-state index in [1.807, 2.05) is 11.8 Å². The second kappa shape index (κ2) is 6.42. The zero-order valence-corrected chi connectivity index (χ0v) is 15.8. The van der Waals surface area contributed by atoms with Crippen LogP contribution in [-0.2, 0) is 16.1 Å². The van der Waals surface area contributed by atoms with E-state index in [0.29, 0.717) is 11.3 Å². The molecule has 1 aromatic carbocycles. The molecule has 2 aliphatic heterocycles. The molecule has 25 heavy (non-hydrogen) atoms. The van der Waals surface area contributed by atoms with Crippen LogP contribution in [0.3, 0.4) is 0 Å². The molecule has 6 nitrogen and oxygen atoms in total. The molecule has 132 valence electrons. The van der Waals surface area contributed by atoms with Gasteiger partial charge < -0.3 is 9.64 Å². The minimum absolute atomic E-state index is 0.00856. The van der Waals surface area contributed by atoms with Crippen LogP contribution in [0, 0.1) is 15.5 Å². The molecule has 0 unspecified atom stereocenters. The Morgan fingerprint density at radius 2 is 2.04 bits per heavy atom. The number of carbonyl (C=O) groups is 1. The summed E-state index contributed by atoms with van der Waals surface area (Å²) in [7, 11) is 0. The summed E-state index contributed by atoms with van der Waals surface area (Å²) in [5.41, 5.74) is 1.14. The smallest absolute Gasteiger partial charge is 0.356 e. The van der Waals surface area contributed by atoms with Crippen LogP contribution in [-0.4, -0.2) is 26.2 Å². The van der Waals surface area contributed by atoms with Crippen molar-refractivity contribution in [2.75, 3.05) is 0 Å². The second-order valence-corrected chi connectivity index (χ2v) is 8.05. The number of benzene rings is 1. The van der Waals surface area contributed by atoms with E-state index in [1.165, 1.54) is 12.1 Å². The van der Waals surface area contributed by atoms with Crippen LogP contribution < -0.4 is 0 Å². The normalized spacial score (nSPS) is 21.0. The SMILES string of the molecule is CCC1=C(C(=O)OCc2ccc([N+](=O)[O-])cc2)N2C(=S)C(C)(C)[C@@H]2S1. The molecule has 0 amide bonds. The molecule has 2 aliphatic rings.